The minimum Gasteiger partial charge on any atom is -0.493 e. The van der Waals surface area contributed by atoms with Gasteiger partial charge in [0.05, 0.1) is 25.1 Å². The van der Waals surface area contributed by atoms with Gasteiger partial charge >= 0.3 is 0 Å². The minimum absolute atomic E-state index is 0.103. The molecule has 0 bridgehead atoms. The summed E-state index contributed by atoms with van der Waals surface area (Å²) in [6.45, 7) is 1.62. The third-order valence-electron chi connectivity index (χ3n) is 5.65. The minimum atomic E-state index is -0.220. The van der Waals surface area contributed by atoms with Gasteiger partial charge in [-0.3, -0.25) is 9.69 Å². The monoisotopic (exact) mass is 440 g/mol. The first-order chi connectivity index (χ1) is 15.1. The zero-order chi connectivity index (χ0) is 21.8. The molecule has 0 fully saturated rings. The van der Waals surface area contributed by atoms with Gasteiger partial charge in [-0.1, -0.05) is 24.3 Å². The normalized spacial score (nSPS) is 15.9. The van der Waals surface area contributed by atoms with Crippen LogP contribution >= 0.6 is 11.3 Å². The molecule has 1 aliphatic rings. The molecular weight excluding hydrogens is 415 g/mol. The third kappa shape index (κ3) is 4.57. The Kier molecular flexibility index (Phi) is 6.53. The Morgan fingerprint density at radius 1 is 1.16 bits per heavy atom. The highest BCUT2D eigenvalue weighted by molar-refractivity contribution is 7.12. The summed E-state index contributed by atoms with van der Waals surface area (Å²) in [6.07, 6.45) is 0.805. The second-order valence-electron chi connectivity index (χ2n) is 7.42. The molecule has 2 aromatic carbocycles. The van der Waals surface area contributed by atoms with E-state index in [1.54, 1.807) is 32.4 Å². The average molecular weight is 441 g/mol. The van der Waals surface area contributed by atoms with Crippen LogP contribution in [-0.2, 0) is 13.0 Å². The third-order valence-corrected chi connectivity index (χ3v) is 6.51. The Hall–Kier alpha value is -2.90. The molecule has 3 aromatic rings. The summed E-state index contributed by atoms with van der Waals surface area (Å²) in [7, 11) is 3.23. The first-order valence-electron chi connectivity index (χ1n) is 10.1. The fourth-order valence-corrected chi connectivity index (χ4v) is 4.68. The van der Waals surface area contributed by atoms with Crippen LogP contribution < -0.4 is 14.8 Å². The van der Waals surface area contributed by atoms with Gasteiger partial charge in [-0.25, -0.2) is 4.39 Å². The van der Waals surface area contributed by atoms with Crippen molar-refractivity contribution in [3.63, 3.8) is 0 Å². The predicted molar refractivity (Wildman–Crippen MR) is 119 cm³/mol. The van der Waals surface area contributed by atoms with E-state index in [2.05, 4.69) is 10.2 Å². The van der Waals surface area contributed by atoms with Crippen molar-refractivity contribution in [1.82, 2.24) is 10.2 Å². The molecule has 5 nitrogen and oxygen atoms in total. The smallest absolute Gasteiger partial charge is 0.261 e. The number of amides is 1. The number of fused-ring (bicyclic) bond motifs is 1. The molecule has 1 amide bonds. The molecule has 1 N–H and O–H groups in total. The van der Waals surface area contributed by atoms with Crippen LogP contribution in [0.1, 0.15) is 32.4 Å². The lowest BCUT2D eigenvalue weighted by atomic mass is 9.91. The molecule has 0 saturated carbocycles. The Morgan fingerprint density at radius 2 is 1.94 bits per heavy atom. The van der Waals surface area contributed by atoms with E-state index < -0.39 is 0 Å². The van der Waals surface area contributed by atoms with E-state index in [9.17, 15) is 9.18 Å². The summed E-state index contributed by atoms with van der Waals surface area (Å²) < 4.78 is 25.3. The number of thiophene rings is 1. The van der Waals surface area contributed by atoms with Crippen LogP contribution in [0.4, 0.5) is 4.39 Å². The van der Waals surface area contributed by atoms with Crippen LogP contribution in [0.5, 0.6) is 11.5 Å². The number of benzene rings is 2. The molecule has 2 heterocycles. The number of nitrogens with one attached hydrogen (secondary N) is 1. The highest BCUT2D eigenvalue weighted by atomic mass is 32.1. The lowest BCUT2D eigenvalue weighted by Gasteiger charge is -2.38. The molecule has 1 unspecified atom stereocenters. The molecule has 0 aliphatic carbocycles. The number of ether oxygens (including phenoxy) is 2. The van der Waals surface area contributed by atoms with Gasteiger partial charge in [0, 0.05) is 25.2 Å². The van der Waals surface area contributed by atoms with Gasteiger partial charge in [0.25, 0.3) is 5.91 Å². The lowest BCUT2D eigenvalue weighted by Crippen LogP contribution is -2.41. The Morgan fingerprint density at radius 3 is 2.65 bits per heavy atom. The van der Waals surface area contributed by atoms with Crippen LogP contribution in [0.25, 0.3) is 0 Å². The molecule has 7 heteroatoms. The van der Waals surface area contributed by atoms with Crippen molar-refractivity contribution in [2.24, 2.45) is 0 Å². The van der Waals surface area contributed by atoms with Gasteiger partial charge < -0.3 is 14.8 Å². The number of carbonyl (C=O) groups excluding carboxylic acids is 1. The van der Waals surface area contributed by atoms with E-state index in [1.807, 2.05) is 29.6 Å². The molecule has 0 radical (unpaired) electrons. The molecule has 162 valence electrons. The van der Waals surface area contributed by atoms with Crippen LogP contribution in [0.15, 0.2) is 53.9 Å². The van der Waals surface area contributed by atoms with Gasteiger partial charge in [-0.2, -0.15) is 0 Å². The maximum atomic E-state index is 14.4. The first kappa shape index (κ1) is 21.3. The fourth-order valence-electron chi connectivity index (χ4n) is 4.04. The number of nitrogens with zero attached hydrogens (tertiary/aromatic N) is 1. The largest absolute Gasteiger partial charge is 0.493 e. The SMILES string of the molecule is COc1cc2c(cc1OC)C(CNC(=O)c1cccs1)N(Cc1ccccc1F)CC2. The summed E-state index contributed by atoms with van der Waals surface area (Å²) >= 11 is 1.41. The van der Waals surface area contributed by atoms with Crippen molar-refractivity contribution in [1.29, 1.82) is 0 Å². The van der Waals surface area contributed by atoms with Gasteiger partial charge in [-0.05, 0) is 47.2 Å². The standard InChI is InChI=1S/C24H25FN2O3S/c1-29-21-12-16-9-10-27(15-17-6-3-4-7-19(17)25)20(18(16)13-22(21)30-2)14-26-24(28)23-8-5-11-31-23/h3-8,11-13,20H,9-10,14-15H2,1-2H3,(H,26,28). The van der Waals surface area contributed by atoms with Crippen LogP contribution in [-0.4, -0.2) is 38.1 Å². The summed E-state index contributed by atoms with van der Waals surface area (Å²) in [6, 6.07) is 14.4. The maximum absolute atomic E-state index is 14.4. The predicted octanol–water partition coefficient (Wildman–Crippen LogP) is 4.43. The number of methoxy groups -OCH3 is 2. The summed E-state index contributed by atoms with van der Waals surface area (Å²) in [5, 5.41) is 4.94. The molecule has 4 rings (SSSR count). The molecule has 0 spiro atoms. The van der Waals surface area contributed by atoms with Crippen molar-refractivity contribution in [2.45, 2.75) is 19.0 Å². The Balaban J connectivity index is 1.65. The molecule has 1 atom stereocenters. The molecule has 1 aromatic heterocycles. The topological polar surface area (TPSA) is 50.8 Å². The summed E-state index contributed by atoms with van der Waals surface area (Å²) in [5.74, 6) is 1.00. The van der Waals surface area contributed by atoms with Crippen molar-refractivity contribution in [3.05, 3.63) is 81.3 Å². The van der Waals surface area contributed by atoms with Crippen LogP contribution in [0, 0.1) is 5.82 Å². The van der Waals surface area contributed by atoms with Crippen molar-refractivity contribution >= 4 is 17.2 Å². The van der Waals surface area contributed by atoms with Crippen LogP contribution in [0.2, 0.25) is 0 Å². The number of halogens is 1. The number of rotatable bonds is 7. The number of carbonyl (C=O) groups is 1. The van der Waals surface area contributed by atoms with Crippen LogP contribution in [0.3, 0.4) is 0 Å². The molecule has 31 heavy (non-hydrogen) atoms. The van der Waals surface area contributed by atoms with Gasteiger partial charge in [0.1, 0.15) is 5.82 Å². The average Bonchev–Trinajstić information content (AvgIpc) is 3.33. The van der Waals surface area contributed by atoms with E-state index >= 15 is 0 Å². The van der Waals surface area contributed by atoms with E-state index in [1.165, 1.54) is 17.4 Å². The molecular formula is C24H25FN2O3S. The second-order valence-corrected chi connectivity index (χ2v) is 8.37. The second kappa shape index (κ2) is 9.49. The van der Waals surface area contributed by atoms with Gasteiger partial charge in [-0.15, -0.1) is 11.3 Å². The summed E-state index contributed by atoms with van der Waals surface area (Å²) in [5.41, 5.74) is 2.85. The quantitative estimate of drug-likeness (QED) is 0.590. The van der Waals surface area contributed by atoms with E-state index in [0.29, 0.717) is 35.0 Å². The number of hydrogen-bond acceptors (Lipinski definition) is 5. The van der Waals surface area contributed by atoms with Crippen molar-refractivity contribution in [3.8, 4) is 11.5 Å². The van der Waals surface area contributed by atoms with Gasteiger partial charge in [0.2, 0.25) is 0 Å². The molecule has 1 aliphatic heterocycles. The first-order valence-corrected chi connectivity index (χ1v) is 11.0. The molecule has 0 saturated heterocycles. The highest BCUT2D eigenvalue weighted by Gasteiger charge is 2.30. The Labute approximate surface area is 185 Å². The van der Waals surface area contributed by atoms with E-state index in [-0.39, 0.29) is 17.8 Å². The van der Waals surface area contributed by atoms with Crippen molar-refractivity contribution < 1.29 is 18.7 Å². The summed E-state index contributed by atoms with van der Waals surface area (Å²) in [4.78, 5) is 15.5. The van der Waals surface area contributed by atoms with E-state index in [0.717, 1.165) is 24.1 Å². The van der Waals surface area contributed by atoms with Gasteiger partial charge in [0.15, 0.2) is 11.5 Å². The lowest BCUT2D eigenvalue weighted by molar-refractivity contribution is 0.0929. The zero-order valence-corrected chi connectivity index (χ0v) is 18.4. The van der Waals surface area contributed by atoms with Crippen molar-refractivity contribution in [2.75, 3.05) is 27.3 Å². The fraction of sp³-hybridized carbons (Fsp3) is 0.292. The maximum Gasteiger partial charge on any atom is 0.261 e. The Bertz CT molecular complexity index is 1050. The van der Waals surface area contributed by atoms with E-state index in [4.69, 9.17) is 9.47 Å². The highest BCUT2D eigenvalue weighted by Crippen LogP contribution is 2.38. The zero-order valence-electron chi connectivity index (χ0n) is 17.6. The number of hydrogen-bond donors (Lipinski definition) is 1.